The Morgan fingerprint density at radius 2 is 1.67 bits per heavy atom. The van der Waals surface area contributed by atoms with E-state index in [9.17, 15) is 8.42 Å². The van der Waals surface area contributed by atoms with Crippen molar-refractivity contribution in [1.82, 2.24) is 4.98 Å². The summed E-state index contributed by atoms with van der Waals surface area (Å²) in [5.74, 6) is 0. The molecule has 0 aliphatic carbocycles. The van der Waals surface area contributed by atoms with Crippen LogP contribution in [-0.4, -0.2) is 31.7 Å². The number of nitrogens with zero attached hydrogens (tertiary/aromatic N) is 2. The van der Waals surface area contributed by atoms with Gasteiger partial charge >= 0.3 is 0 Å². The van der Waals surface area contributed by atoms with Crippen LogP contribution in [-0.2, 0) is 9.84 Å². The molecule has 0 unspecified atom stereocenters. The molecule has 4 rings (SSSR count). The third-order valence-electron chi connectivity index (χ3n) is 5.06. The van der Waals surface area contributed by atoms with Gasteiger partial charge in [-0.05, 0) is 31.9 Å². The predicted octanol–water partition coefficient (Wildman–Crippen LogP) is 4.56. The molecule has 140 valence electrons. The number of thiazole rings is 1. The zero-order valence-electron chi connectivity index (χ0n) is 15.2. The van der Waals surface area contributed by atoms with Crippen LogP contribution in [0.25, 0.3) is 11.3 Å². The summed E-state index contributed by atoms with van der Waals surface area (Å²) in [5, 5.41) is 2.73. The predicted molar refractivity (Wildman–Crippen MR) is 111 cm³/mol. The maximum atomic E-state index is 12.9. The molecule has 0 spiro atoms. The van der Waals surface area contributed by atoms with Gasteiger partial charge in [0.05, 0.1) is 15.8 Å². The summed E-state index contributed by atoms with van der Waals surface area (Å²) < 4.78 is 25.8. The van der Waals surface area contributed by atoms with Gasteiger partial charge in [-0.3, -0.25) is 0 Å². The quantitative estimate of drug-likeness (QED) is 0.646. The lowest BCUT2D eigenvalue weighted by Crippen LogP contribution is -2.39. The molecule has 0 N–H and O–H groups in total. The molecule has 6 heteroatoms. The topological polar surface area (TPSA) is 50.3 Å². The molecule has 1 aromatic heterocycles. The van der Waals surface area contributed by atoms with E-state index in [4.69, 9.17) is 4.98 Å². The van der Waals surface area contributed by atoms with Crippen LogP contribution in [0.2, 0.25) is 0 Å². The fourth-order valence-electron chi connectivity index (χ4n) is 3.43. The molecule has 0 atom stereocenters. The number of piperidine rings is 1. The molecule has 27 heavy (non-hydrogen) atoms. The minimum atomic E-state index is -3.27. The van der Waals surface area contributed by atoms with Crippen LogP contribution in [0.1, 0.15) is 18.4 Å². The molecule has 0 radical (unpaired) electrons. The van der Waals surface area contributed by atoms with E-state index in [1.54, 1.807) is 23.5 Å². The molecule has 1 aliphatic heterocycles. The molecular weight excluding hydrogens is 376 g/mol. The summed E-state index contributed by atoms with van der Waals surface area (Å²) in [5.41, 5.74) is 3.16. The zero-order valence-corrected chi connectivity index (χ0v) is 16.8. The average Bonchev–Trinajstić information content (AvgIpc) is 3.19. The average molecular weight is 399 g/mol. The minimum absolute atomic E-state index is 0.315. The van der Waals surface area contributed by atoms with Crippen molar-refractivity contribution in [3.8, 4) is 11.3 Å². The maximum absolute atomic E-state index is 12.9. The van der Waals surface area contributed by atoms with Crippen molar-refractivity contribution in [1.29, 1.82) is 0 Å². The summed E-state index contributed by atoms with van der Waals surface area (Å²) in [7, 11) is -3.27. The Kier molecular flexibility index (Phi) is 5.02. The summed E-state index contributed by atoms with van der Waals surface area (Å²) in [6, 6.07) is 17.3. The number of sulfone groups is 1. The van der Waals surface area contributed by atoms with Crippen molar-refractivity contribution in [3.05, 3.63) is 65.5 Å². The van der Waals surface area contributed by atoms with E-state index in [0.717, 1.165) is 35.0 Å². The van der Waals surface area contributed by atoms with Gasteiger partial charge in [-0.2, -0.15) is 0 Å². The van der Waals surface area contributed by atoms with Gasteiger partial charge in [0, 0.05) is 24.0 Å². The van der Waals surface area contributed by atoms with Gasteiger partial charge in [0.15, 0.2) is 15.0 Å². The Balaban J connectivity index is 1.45. The highest BCUT2D eigenvalue weighted by Crippen LogP contribution is 2.31. The van der Waals surface area contributed by atoms with E-state index in [1.807, 2.05) is 37.3 Å². The molecule has 4 nitrogen and oxygen atoms in total. The summed E-state index contributed by atoms with van der Waals surface area (Å²) >= 11 is 1.62. The SMILES string of the molecule is Cc1ccc(S(=O)(=O)C2CCN(c3nc(-c4ccccc4)cs3)CC2)cc1. The van der Waals surface area contributed by atoms with Gasteiger partial charge in [0.25, 0.3) is 0 Å². The second kappa shape index (κ2) is 7.44. The summed E-state index contributed by atoms with van der Waals surface area (Å²) in [6.07, 6.45) is 1.27. The second-order valence-corrected chi connectivity index (χ2v) is 9.99. The van der Waals surface area contributed by atoms with Crippen LogP contribution in [0.3, 0.4) is 0 Å². The minimum Gasteiger partial charge on any atom is -0.348 e. The van der Waals surface area contributed by atoms with Crippen LogP contribution < -0.4 is 4.90 Å². The van der Waals surface area contributed by atoms with Crippen molar-refractivity contribution in [2.75, 3.05) is 18.0 Å². The maximum Gasteiger partial charge on any atom is 0.185 e. The zero-order chi connectivity index (χ0) is 18.9. The van der Waals surface area contributed by atoms with Crippen LogP contribution in [0, 0.1) is 6.92 Å². The van der Waals surface area contributed by atoms with Crippen molar-refractivity contribution in [3.63, 3.8) is 0 Å². The number of rotatable bonds is 4. The highest BCUT2D eigenvalue weighted by molar-refractivity contribution is 7.92. The normalized spacial score (nSPS) is 15.8. The van der Waals surface area contributed by atoms with Crippen molar-refractivity contribution < 1.29 is 8.42 Å². The fraction of sp³-hybridized carbons (Fsp3) is 0.286. The molecule has 2 heterocycles. The largest absolute Gasteiger partial charge is 0.348 e. The standard InChI is InChI=1S/C21H22N2O2S2/c1-16-7-9-18(10-8-16)27(24,25)19-11-13-23(14-12-19)21-22-20(15-26-21)17-5-3-2-4-6-17/h2-10,15,19H,11-14H2,1H3. The van der Waals surface area contributed by atoms with Crippen LogP contribution in [0.4, 0.5) is 5.13 Å². The monoisotopic (exact) mass is 398 g/mol. The van der Waals surface area contributed by atoms with Gasteiger partial charge in [-0.25, -0.2) is 13.4 Å². The van der Waals surface area contributed by atoms with Crippen molar-refractivity contribution in [2.45, 2.75) is 29.9 Å². The summed E-state index contributed by atoms with van der Waals surface area (Å²) in [4.78, 5) is 7.40. The lowest BCUT2D eigenvalue weighted by molar-refractivity contribution is 0.529. The molecule has 1 aliphatic rings. The van der Waals surface area contributed by atoms with Crippen molar-refractivity contribution in [2.24, 2.45) is 0 Å². The van der Waals surface area contributed by atoms with Gasteiger partial charge in [-0.1, -0.05) is 48.0 Å². The van der Waals surface area contributed by atoms with Gasteiger partial charge < -0.3 is 4.90 Å². The van der Waals surface area contributed by atoms with Crippen LogP contribution in [0.15, 0.2) is 64.9 Å². The van der Waals surface area contributed by atoms with E-state index in [2.05, 4.69) is 22.4 Å². The first-order valence-electron chi connectivity index (χ1n) is 9.10. The summed E-state index contributed by atoms with van der Waals surface area (Å²) in [6.45, 7) is 3.40. The van der Waals surface area contributed by atoms with Gasteiger partial charge in [0.2, 0.25) is 0 Å². The third-order valence-corrected chi connectivity index (χ3v) is 8.24. The Morgan fingerprint density at radius 1 is 1.00 bits per heavy atom. The van der Waals surface area contributed by atoms with Gasteiger partial charge in [-0.15, -0.1) is 11.3 Å². The number of aromatic nitrogens is 1. The highest BCUT2D eigenvalue weighted by Gasteiger charge is 2.32. The first-order valence-corrected chi connectivity index (χ1v) is 11.5. The third kappa shape index (κ3) is 3.77. The lowest BCUT2D eigenvalue weighted by atomic mass is 10.1. The number of benzene rings is 2. The number of anilines is 1. The molecule has 0 bridgehead atoms. The Morgan fingerprint density at radius 3 is 2.33 bits per heavy atom. The molecular formula is C21H22N2O2S2. The second-order valence-electron chi connectivity index (χ2n) is 6.93. The molecule has 3 aromatic rings. The molecule has 1 saturated heterocycles. The number of hydrogen-bond acceptors (Lipinski definition) is 5. The Bertz CT molecular complexity index is 1000. The molecule has 2 aromatic carbocycles. The van der Waals surface area contributed by atoms with Crippen LogP contribution in [0.5, 0.6) is 0 Å². The van der Waals surface area contributed by atoms with E-state index >= 15 is 0 Å². The first-order chi connectivity index (χ1) is 13.0. The fourth-order valence-corrected chi connectivity index (χ4v) is 6.05. The van der Waals surface area contributed by atoms with E-state index < -0.39 is 9.84 Å². The smallest absolute Gasteiger partial charge is 0.185 e. The Hall–Kier alpha value is -2.18. The van der Waals surface area contributed by atoms with E-state index in [-0.39, 0.29) is 5.25 Å². The number of aryl methyl sites for hydroxylation is 1. The molecule has 0 saturated carbocycles. The number of hydrogen-bond donors (Lipinski definition) is 0. The molecule has 0 amide bonds. The molecule has 1 fully saturated rings. The van der Waals surface area contributed by atoms with Crippen molar-refractivity contribution >= 4 is 26.3 Å². The van der Waals surface area contributed by atoms with E-state index in [1.165, 1.54) is 0 Å². The lowest BCUT2D eigenvalue weighted by Gasteiger charge is -2.31. The first kappa shape index (κ1) is 18.2. The van der Waals surface area contributed by atoms with Crippen LogP contribution >= 0.6 is 11.3 Å². The highest BCUT2D eigenvalue weighted by atomic mass is 32.2. The Labute approximate surface area is 164 Å². The van der Waals surface area contributed by atoms with Gasteiger partial charge in [0.1, 0.15) is 0 Å². The van der Waals surface area contributed by atoms with E-state index in [0.29, 0.717) is 17.7 Å².